The molecule has 0 radical (unpaired) electrons. The number of amides is 1. The molecule has 0 spiro atoms. The highest BCUT2D eigenvalue weighted by Gasteiger charge is 2.20. The van der Waals surface area contributed by atoms with E-state index in [2.05, 4.69) is 53.4 Å². The minimum atomic E-state index is -0.0595. The molecule has 1 aliphatic rings. The van der Waals surface area contributed by atoms with E-state index < -0.39 is 0 Å². The SMILES string of the molecule is Cc1ccc2[nH]c(CCC(=O)NC[C@@H]3OCCc4ccccc43)nc2c1C. The topological polar surface area (TPSA) is 67.0 Å². The number of carbonyl (C=O) groups is 1. The highest BCUT2D eigenvalue weighted by molar-refractivity contribution is 5.80. The van der Waals surface area contributed by atoms with Crippen LogP contribution in [0.15, 0.2) is 36.4 Å². The van der Waals surface area contributed by atoms with E-state index in [1.165, 1.54) is 22.3 Å². The van der Waals surface area contributed by atoms with Crippen LogP contribution in [0.25, 0.3) is 11.0 Å². The molecule has 1 aromatic heterocycles. The molecule has 2 N–H and O–H groups in total. The summed E-state index contributed by atoms with van der Waals surface area (Å²) < 4.78 is 5.85. The van der Waals surface area contributed by atoms with Crippen LogP contribution in [-0.4, -0.2) is 29.0 Å². The molecule has 0 aliphatic carbocycles. The second kappa shape index (κ2) is 7.53. The summed E-state index contributed by atoms with van der Waals surface area (Å²) in [6, 6.07) is 12.4. The van der Waals surface area contributed by atoms with Gasteiger partial charge in [-0.05, 0) is 48.6 Å². The monoisotopic (exact) mass is 363 g/mol. The molecule has 1 aliphatic heterocycles. The summed E-state index contributed by atoms with van der Waals surface area (Å²) in [5.74, 6) is 0.878. The molecule has 0 unspecified atom stereocenters. The van der Waals surface area contributed by atoms with Crippen LogP contribution >= 0.6 is 0 Å². The first kappa shape index (κ1) is 17.7. The van der Waals surface area contributed by atoms with E-state index >= 15 is 0 Å². The van der Waals surface area contributed by atoms with Gasteiger partial charge in [0.15, 0.2) is 0 Å². The maximum absolute atomic E-state index is 12.3. The van der Waals surface area contributed by atoms with Gasteiger partial charge in [0.25, 0.3) is 0 Å². The number of nitrogens with one attached hydrogen (secondary N) is 2. The van der Waals surface area contributed by atoms with E-state index in [9.17, 15) is 4.79 Å². The van der Waals surface area contributed by atoms with Crippen molar-refractivity contribution in [3.8, 4) is 0 Å². The zero-order valence-corrected chi connectivity index (χ0v) is 15.8. The van der Waals surface area contributed by atoms with Crippen LogP contribution in [0.4, 0.5) is 0 Å². The standard InChI is InChI=1S/C22H25N3O2/c1-14-7-8-18-22(15(14)2)25-20(24-18)9-10-21(26)23-13-19-17-6-4-3-5-16(17)11-12-27-19/h3-8,19H,9-13H2,1-2H3,(H,23,26)(H,24,25)/t19-/m0/s1. The number of carbonyl (C=O) groups excluding carboxylic acids is 1. The normalized spacial score (nSPS) is 16.3. The van der Waals surface area contributed by atoms with Gasteiger partial charge in [-0.3, -0.25) is 4.79 Å². The Bertz CT molecular complexity index is 977. The lowest BCUT2D eigenvalue weighted by molar-refractivity contribution is -0.121. The van der Waals surface area contributed by atoms with E-state index in [1.54, 1.807) is 0 Å². The maximum atomic E-state index is 12.3. The molecule has 2 heterocycles. The first-order chi connectivity index (χ1) is 13.1. The molecule has 0 saturated heterocycles. The molecule has 4 rings (SSSR count). The number of H-pyrrole nitrogens is 1. The molecule has 0 bridgehead atoms. The maximum Gasteiger partial charge on any atom is 0.220 e. The lowest BCUT2D eigenvalue weighted by Gasteiger charge is -2.26. The molecule has 1 atom stereocenters. The first-order valence-electron chi connectivity index (χ1n) is 9.52. The van der Waals surface area contributed by atoms with Crippen molar-refractivity contribution in [3.63, 3.8) is 0 Å². The van der Waals surface area contributed by atoms with Crippen molar-refractivity contribution >= 4 is 16.9 Å². The van der Waals surface area contributed by atoms with Crippen molar-refractivity contribution < 1.29 is 9.53 Å². The molecular weight excluding hydrogens is 338 g/mol. The average molecular weight is 363 g/mol. The third kappa shape index (κ3) is 3.74. The Balaban J connectivity index is 1.34. The first-order valence-corrected chi connectivity index (χ1v) is 9.52. The molecule has 140 valence electrons. The third-order valence-electron chi connectivity index (χ3n) is 5.39. The summed E-state index contributed by atoms with van der Waals surface area (Å²) >= 11 is 0. The predicted octanol–water partition coefficient (Wildman–Crippen LogP) is 3.54. The zero-order valence-electron chi connectivity index (χ0n) is 15.8. The van der Waals surface area contributed by atoms with Crippen molar-refractivity contribution in [2.75, 3.05) is 13.2 Å². The number of hydrogen-bond donors (Lipinski definition) is 2. The molecule has 2 aromatic carbocycles. The Hall–Kier alpha value is -2.66. The number of aromatic nitrogens is 2. The van der Waals surface area contributed by atoms with Gasteiger partial charge in [-0.1, -0.05) is 30.3 Å². The predicted molar refractivity (Wildman–Crippen MR) is 106 cm³/mol. The Morgan fingerprint density at radius 3 is 3.00 bits per heavy atom. The summed E-state index contributed by atoms with van der Waals surface area (Å²) in [5.41, 5.74) is 6.94. The number of benzene rings is 2. The number of aromatic amines is 1. The zero-order chi connectivity index (χ0) is 18.8. The van der Waals surface area contributed by atoms with Crippen LogP contribution < -0.4 is 5.32 Å². The van der Waals surface area contributed by atoms with Crippen molar-refractivity contribution in [1.29, 1.82) is 0 Å². The number of fused-ring (bicyclic) bond motifs is 2. The minimum Gasteiger partial charge on any atom is -0.371 e. The van der Waals surface area contributed by atoms with Gasteiger partial charge >= 0.3 is 0 Å². The van der Waals surface area contributed by atoms with Gasteiger partial charge in [-0.15, -0.1) is 0 Å². The third-order valence-corrected chi connectivity index (χ3v) is 5.39. The largest absolute Gasteiger partial charge is 0.371 e. The number of imidazole rings is 1. The Morgan fingerprint density at radius 1 is 1.26 bits per heavy atom. The van der Waals surface area contributed by atoms with Gasteiger partial charge in [0.1, 0.15) is 11.9 Å². The van der Waals surface area contributed by atoms with Crippen molar-refractivity contribution in [2.45, 2.75) is 39.2 Å². The summed E-state index contributed by atoms with van der Waals surface area (Å²) in [7, 11) is 0. The second-order valence-electron chi connectivity index (χ2n) is 7.20. The van der Waals surface area contributed by atoms with E-state index in [-0.39, 0.29) is 12.0 Å². The fourth-order valence-corrected chi connectivity index (χ4v) is 3.66. The second-order valence-corrected chi connectivity index (χ2v) is 7.20. The van der Waals surface area contributed by atoms with Crippen LogP contribution in [0.1, 0.15) is 40.6 Å². The van der Waals surface area contributed by atoms with Crippen LogP contribution in [0, 0.1) is 13.8 Å². The van der Waals surface area contributed by atoms with Gasteiger partial charge in [-0.25, -0.2) is 4.98 Å². The Labute approximate surface area is 159 Å². The van der Waals surface area contributed by atoms with Crippen molar-refractivity contribution in [2.24, 2.45) is 0 Å². The van der Waals surface area contributed by atoms with Crippen molar-refractivity contribution in [3.05, 3.63) is 64.5 Å². The average Bonchev–Trinajstić information content (AvgIpc) is 3.11. The van der Waals surface area contributed by atoms with Gasteiger partial charge in [0.2, 0.25) is 5.91 Å². The molecular formula is C22H25N3O2. The van der Waals surface area contributed by atoms with Gasteiger partial charge in [-0.2, -0.15) is 0 Å². The van der Waals surface area contributed by atoms with Gasteiger partial charge < -0.3 is 15.0 Å². The molecule has 5 nitrogen and oxygen atoms in total. The quantitative estimate of drug-likeness (QED) is 0.729. The van der Waals surface area contributed by atoms with Crippen LogP contribution in [-0.2, 0) is 22.4 Å². The molecule has 5 heteroatoms. The molecule has 3 aromatic rings. The summed E-state index contributed by atoms with van der Waals surface area (Å²) in [5, 5.41) is 3.01. The van der Waals surface area contributed by atoms with E-state index in [0.29, 0.717) is 26.0 Å². The van der Waals surface area contributed by atoms with Crippen LogP contribution in [0.2, 0.25) is 0 Å². The lowest BCUT2D eigenvalue weighted by atomic mass is 9.97. The fraction of sp³-hybridized carbons (Fsp3) is 0.364. The van der Waals surface area contributed by atoms with Crippen molar-refractivity contribution in [1.82, 2.24) is 15.3 Å². The molecule has 0 fully saturated rings. The Morgan fingerprint density at radius 2 is 2.11 bits per heavy atom. The molecule has 1 amide bonds. The van der Waals surface area contributed by atoms with Gasteiger partial charge in [0.05, 0.1) is 17.6 Å². The lowest BCUT2D eigenvalue weighted by Crippen LogP contribution is -2.32. The number of hydrogen-bond acceptors (Lipinski definition) is 3. The van der Waals surface area contributed by atoms with E-state index in [4.69, 9.17) is 4.74 Å². The summed E-state index contributed by atoms with van der Waals surface area (Å²) in [6.07, 6.45) is 1.88. The van der Waals surface area contributed by atoms with Gasteiger partial charge in [0, 0.05) is 19.4 Å². The highest BCUT2D eigenvalue weighted by atomic mass is 16.5. The van der Waals surface area contributed by atoms with E-state index in [0.717, 1.165) is 23.3 Å². The highest BCUT2D eigenvalue weighted by Crippen LogP contribution is 2.26. The van der Waals surface area contributed by atoms with Crippen LogP contribution in [0.5, 0.6) is 0 Å². The summed E-state index contributed by atoms with van der Waals surface area (Å²) in [6.45, 7) is 5.38. The number of aryl methyl sites for hydroxylation is 3. The molecule has 0 saturated carbocycles. The summed E-state index contributed by atoms with van der Waals surface area (Å²) in [4.78, 5) is 20.3. The van der Waals surface area contributed by atoms with Crippen LogP contribution in [0.3, 0.4) is 0 Å². The molecule has 27 heavy (non-hydrogen) atoms. The fourth-order valence-electron chi connectivity index (χ4n) is 3.66. The number of rotatable bonds is 5. The smallest absolute Gasteiger partial charge is 0.220 e. The number of nitrogens with zero attached hydrogens (tertiary/aromatic N) is 1. The van der Waals surface area contributed by atoms with E-state index in [1.807, 2.05) is 12.1 Å². The Kier molecular flexibility index (Phi) is 4.94. The minimum absolute atomic E-state index is 0.0232. The number of ether oxygens (including phenoxy) is 1.